The Balaban J connectivity index is 2.34. The third-order valence-corrected chi connectivity index (χ3v) is 6.22. The molecule has 42 heavy (non-hydrogen) atoms. The zero-order valence-corrected chi connectivity index (χ0v) is 25.0. The van der Waals surface area contributed by atoms with Crippen molar-refractivity contribution in [2.24, 2.45) is 0 Å². The Morgan fingerprint density at radius 2 is 1.33 bits per heavy atom. The van der Waals surface area contributed by atoms with Gasteiger partial charge in [-0.15, -0.1) is 0 Å². The lowest BCUT2D eigenvalue weighted by Gasteiger charge is -2.39. The van der Waals surface area contributed by atoms with Crippen molar-refractivity contribution < 1.29 is 49.0 Å². The first-order valence-corrected chi connectivity index (χ1v) is 14.9. The normalized spacial score (nSPS) is 24.0. The van der Waals surface area contributed by atoms with Gasteiger partial charge in [-0.1, -0.05) is 74.6 Å². The number of unbranched alkanes of at least 4 members (excludes halogenated alkanes) is 1. The van der Waals surface area contributed by atoms with E-state index >= 15 is 0 Å². The second kappa shape index (κ2) is 23.9. The van der Waals surface area contributed by atoms with Gasteiger partial charge in [0.15, 0.2) is 12.4 Å². The number of allylic oxidation sites excluding steroid dienone is 10. The summed E-state index contributed by atoms with van der Waals surface area (Å²) >= 11 is 0. The molecule has 6 unspecified atom stereocenters. The van der Waals surface area contributed by atoms with Gasteiger partial charge < -0.3 is 39.4 Å². The number of ether oxygens (including phenoxy) is 4. The minimum Gasteiger partial charge on any atom is -0.462 e. The van der Waals surface area contributed by atoms with Crippen molar-refractivity contribution in [3.8, 4) is 0 Å². The van der Waals surface area contributed by atoms with Gasteiger partial charge in [-0.05, 0) is 44.9 Å². The lowest BCUT2D eigenvalue weighted by Crippen LogP contribution is -2.59. The minimum absolute atomic E-state index is 0.140. The number of esters is 2. The predicted molar refractivity (Wildman–Crippen MR) is 159 cm³/mol. The first kappa shape index (κ1) is 37.4. The topological polar surface area (TPSA) is 152 Å². The molecular weight excluding hydrogens is 544 g/mol. The van der Waals surface area contributed by atoms with E-state index in [1.807, 2.05) is 12.2 Å². The molecular formula is C32H50O10. The van der Waals surface area contributed by atoms with Gasteiger partial charge in [-0.25, -0.2) is 0 Å². The predicted octanol–water partition coefficient (Wildman–Crippen LogP) is 3.59. The Hall–Kier alpha value is -2.60. The monoisotopic (exact) mass is 594 g/mol. The van der Waals surface area contributed by atoms with E-state index in [0.717, 1.165) is 32.1 Å². The van der Waals surface area contributed by atoms with E-state index in [-0.39, 0.29) is 26.1 Å². The first-order valence-electron chi connectivity index (χ1n) is 14.9. The molecule has 10 nitrogen and oxygen atoms in total. The van der Waals surface area contributed by atoms with Crippen molar-refractivity contribution in [3.63, 3.8) is 0 Å². The molecule has 1 saturated heterocycles. The molecule has 1 aliphatic heterocycles. The lowest BCUT2D eigenvalue weighted by atomic mass is 9.99. The fourth-order valence-electron chi connectivity index (χ4n) is 3.79. The van der Waals surface area contributed by atoms with Crippen LogP contribution >= 0.6 is 0 Å². The summed E-state index contributed by atoms with van der Waals surface area (Å²) in [6.45, 7) is 2.59. The summed E-state index contributed by atoms with van der Waals surface area (Å²) in [5, 5.41) is 39.3. The average molecular weight is 595 g/mol. The van der Waals surface area contributed by atoms with Gasteiger partial charge in [-0.3, -0.25) is 9.59 Å². The second-order valence-electron chi connectivity index (χ2n) is 9.78. The third kappa shape index (κ3) is 16.7. The molecule has 1 rings (SSSR count). The molecule has 1 fully saturated rings. The first-order chi connectivity index (χ1) is 20.3. The largest absolute Gasteiger partial charge is 0.462 e. The molecule has 10 heteroatoms. The van der Waals surface area contributed by atoms with Gasteiger partial charge in [0, 0.05) is 12.8 Å². The SMILES string of the molecule is CC/C=C\C/C=C\C/C=C\C/C=C\C/C=C\CCCC(=O)OC(COC(=O)CC)COC1OC(CO)C(O)C(O)C1O. The zero-order valence-electron chi connectivity index (χ0n) is 25.0. The Labute approximate surface area is 250 Å². The van der Waals surface area contributed by atoms with E-state index in [9.17, 15) is 30.0 Å². The summed E-state index contributed by atoms with van der Waals surface area (Å²) < 4.78 is 21.3. The molecule has 238 valence electrons. The zero-order chi connectivity index (χ0) is 31.0. The number of rotatable bonds is 21. The molecule has 0 aromatic carbocycles. The van der Waals surface area contributed by atoms with Crippen LogP contribution in [0, 0.1) is 0 Å². The van der Waals surface area contributed by atoms with Crippen molar-refractivity contribution in [2.45, 2.75) is 108 Å². The summed E-state index contributed by atoms with van der Waals surface area (Å²) in [6.07, 6.45) is 19.2. The Morgan fingerprint density at radius 3 is 1.88 bits per heavy atom. The maximum atomic E-state index is 12.4. The second-order valence-corrected chi connectivity index (χ2v) is 9.78. The fourth-order valence-corrected chi connectivity index (χ4v) is 3.79. The van der Waals surface area contributed by atoms with Gasteiger partial charge in [-0.2, -0.15) is 0 Å². The number of carbonyl (C=O) groups excluding carboxylic acids is 2. The van der Waals surface area contributed by atoms with Crippen LogP contribution in [0.3, 0.4) is 0 Å². The van der Waals surface area contributed by atoms with Gasteiger partial charge in [0.05, 0.1) is 13.2 Å². The highest BCUT2D eigenvalue weighted by atomic mass is 16.7. The van der Waals surface area contributed by atoms with Crippen molar-refractivity contribution in [1.29, 1.82) is 0 Å². The Morgan fingerprint density at radius 1 is 0.762 bits per heavy atom. The summed E-state index contributed by atoms with van der Waals surface area (Å²) in [5.41, 5.74) is 0. The van der Waals surface area contributed by atoms with Crippen LogP contribution in [0.5, 0.6) is 0 Å². The maximum Gasteiger partial charge on any atom is 0.306 e. The highest BCUT2D eigenvalue weighted by molar-refractivity contribution is 5.70. The number of aliphatic hydroxyl groups excluding tert-OH is 4. The van der Waals surface area contributed by atoms with Gasteiger partial charge in [0.2, 0.25) is 0 Å². The van der Waals surface area contributed by atoms with Crippen LogP contribution in [-0.4, -0.2) is 89.0 Å². The molecule has 0 spiro atoms. The summed E-state index contributed by atoms with van der Waals surface area (Å²) in [4.78, 5) is 24.0. The van der Waals surface area contributed by atoms with Crippen molar-refractivity contribution in [3.05, 3.63) is 60.8 Å². The quantitative estimate of drug-likeness (QED) is 0.0881. The van der Waals surface area contributed by atoms with E-state index in [2.05, 4.69) is 55.5 Å². The molecule has 0 aromatic rings. The molecule has 6 atom stereocenters. The average Bonchev–Trinajstić information content (AvgIpc) is 2.99. The molecule has 1 heterocycles. The van der Waals surface area contributed by atoms with E-state index < -0.39 is 55.4 Å². The number of aliphatic hydroxyl groups is 4. The number of hydrogen-bond acceptors (Lipinski definition) is 10. The number of carbonyl (C=O) groups is 2. The molecule has 1 aliphatic rings. The van der Waals surface area contributed by atoms with Crippen LogP contribution in [-0.2, 0) is 28.5 Å². The van der Waals surface area contributed by atoms with Crippen LogP contribution in [0.25, 0.3) is 0 Å². The molecule has 0 amide bonds. The van der Waals surface area contributed by atoms with Crippen LogP contribution < -0.4 is 0 Å². The van der Waals surface area contributed by atoms with Crippen LogP contribution in [0.2, 0.25) is 0 Å². The van der Waals surface area contributed by atoms with Crippen LogP contribution in [0.4, 0.5) is 0 Å². The molecule has 0 saturated carbocycles. The molecule has 4 N–H and O–H groups in total. The van der Waals surface area contributed by atoms with E-state index in [1.165, 1.54) is 0 Å². The highest BCUT2D eigenvalue weighted by Crippen LogP contribution is 2.22. The van der Waals surface area contributed by atoms with E-state index in [1.54, 1.807) is 6.92 Å². The van der Waals surface area contributed by atoms with Crippen LogP contribution in [0.15, 0.2) is 60.8 Å². The molecule has 0 aromatic heterocycles. The Bertz CT molecular complexity index is 877. The Kier molecular flexibility index (Phi) is 21.3. The summed E-state index contributed by atoms with van der Waals surface area (Å²) in [7, 11) is 0. The van der Waals surface area contributed by atoms with Gasteiger partial charge in [0.1, 0.15) is 31.0 Å². The van der Waals surface area contributed by atoms with Crippen molar-refractivity contribution in [2.75, 3.05) is 19.8 Å². The van der Waals surface area contributed by atoms with E-state index in [0.29, 0.717) is 12.8 Å². The maximum absolute atomic E-state index is 12.4. The van der Waals surface area contributed by atoms with Gasteiger partial charge in [0.25, 0.3) is 0 Å². The molecule has 0 aliphatic carbocycles. The molecule has 0 bridgehead atoms. The van der Waals surface area contributed by atoms with Crippen molar-refractivity contribution in [1.82, 2.24) is 0 Å². The summed E-state index contributed by atoms with van der Waals surface area (Å²) in [5.74, 6) is -0.986. The minimum atomic E-state index is -1.60. The standard InChI is InChI=1S/C32H50O10/c1-3-5-6-7-8-9-10-11-12-13-14-15-16-17-18-19-20-21-28(35)41-25(23-39-27(34)4-2)24-40-32-31(38)30(37)29(36)26(22-33)42-32/h5-6,8-9,11-12,14-15,17-18,25-26,29-33,36-38H,3-4,7,10,13,16,19-24H2,1-2H3/b6-5-,9-8-,12-11-,15-14-,18-17-. The smallest absolute Gasteiger partial charge is 0.306 e. The highest BCUT2D eigenvalue weighted by Gasteiger charge is 2.44. The third-order valence-electron chi connectivity index (χ3n) is 6.22. The summed E-state index contributed by atoms with van der Waals surface area (Å²) in [6, 6.07) is 0. The molecule has 0 radical (unpaired) electrons. The van der Waals surface area contributed by atoms with Gasteiger partial charge >= 0.3 is 11.9 Å². The van der Waals surface area contributed by atoms with Crippen LogP contribution in [0.1, 0.15) is 71.6 Å². The van der Waals surface area contributed by atoms with E-state index in [4.69, 9.17) is 18.9 Å². The number of hydrogen-bond donors (Lipinski definition) is 4. The fraction of sp³-hybridized carbons (Fsp3) is 0.625. The van der Waals surface area contributed by atoms with Crippen molar-refractivity contribution >= 4 is 11.9 Å². The lowest BCUT2D eigenvalue weighted by molar-refractivity contribution is -0.305.